The molecule has 0 aromatic rings. The summed E-state index contributed by atoms with van der Waals surface area (Å²) >= 11 is 0. The second-order valence-corrected chi connectivity index (χ2v) is 4.79. The molecule has 0 saturated carbocycles. The molecule has 1 saturated heterocycles. The van der Waals surface area contributed by atoms with Gasteiger partial charge in [0.25, 0.3) is 0 Å². The molecular weight excluding hydrogens is 196 g/mol. The van der Waals surface area contributed by atoms with Gasteiger partial charge in [0.15, 0.2) is 0 Å². The van der Waals surface area contributed by atoms with Gasteiger partial charge in [0.05, 0.1) is 19.3 Å². The first-order chi connectivity index (χ1) is 6.92. The van der Waals surface area contributed by atoms with Gasteiger partial charge in [-0.25, -0.2) is 4.79 Å². The van der Waals surface area contributed by atoms with E-state index >= 15 is 0 Å². The minimum atomic E-state index is -0.470. The molecule has 0 aliphatic carbocycles. The number of rotatable bonds is 2. The number of amides is 1. The maximum atomic E-state index is 11.4. The number of carbonyl (C=O) groups is 1. The monoisotopic (exact) mass is 216 g/mol. The first-order valence-corrected chi connectivity index (χ1v) is 5.19. The van der Waals surface area contributed by atoms with E-state index in [0.717, 1.165) is 0 Å². The standard InChI is InChI=1S/C10H20N2O3/c1-10(2,3)15-9(13)12-8-6-14-5-7(8)4-11/h7-8H,4-6,11H2,1-3H3,(H,12,13). The Kier molecular flexibility index (Phi) is 3.93. The summed E-state index contributed by atoms with van der Waals surface area (Å²) in [5, 5.41) is 2.77. The third-order valence-corrected chi connectivity index (χ3v) is 2.20. The smallest absolute Gasteiger partial charge is 0.407 e. The van der Waals surface area contributed by atoms with Crippen LogP contribution in [0, 0.1) is 5.92 Å². The minimum Gasteiger partial charge on any atom is -0.444 e. The highest BCUT2D eigenvalue weighted by Gasteiger charge is 2.29. The molecule has 0 radical (unpaired) electrons. The van der Waals surface area contributed by atoms with Crippen molar-refractivity contribution >= 4 is 6.09 Å². The van der Waals surface area contributed by atoms with Crippen molar-refractivity contribution in [2.45, 2.75) is 32.4 Å². The highest BCUT2D eigenvalue weighted by Crippen LogP contribution is 2.13. The van der Waals surface area contributed by atoms with Crippen LogP contribution < -0.4 is 11.1 Å². The van der Waals surface area contributed by atoms with Gasteiger partial charge in [-0.3, -0.25) is 0 Å². The quantitative estimate of drug-likeness (QED) is 0.704. The van der Waals surface area contributed by atoms with Crippen LogP contribution in [-0.2, 0) is 9.47 Å². The summed E-state index contributed by atoms with van der Waals surface area (Å²) in [6.45, 7) is 7.13. The van der Waals surface area contributed by atoms with E-state index in [0.29, 0.717) is 19.8 Å². The summed E-state index contributed by atoms with van der Waals surface area (Å²) in [7, 11) is 0. The topological polar surface area (TPSA) is 73.6 Å². The summed E-state index contributed by atoms with van der Waals surface area (Å²) < 4.78 is 10.4. The predicted octanol–water partition coefficient (Wildman–Crippen LogP) is 0.485. The van der Waals surface area contributed by atoms with Gasteiger partial charge in [-0.1, -0.05) is 0 Å². The van der Waals surface area contributed by atoms with Gasteiger partial charge in [-0.15, -0.1) is 0 Å². The molecule has 5 heteroatoms. The van der Waals surface area contributed by atoms with Gasteiger partial charge in [0.1, 0.15) is 5.60 Å². The maximum absolute atomic E-state index is 11.4. The van der Waals surface area contributed by atoms with Crippen molar-refractivity contribution in [3.63, 3.8) is 0 Å². The summed E-state index contributed by atoms with van der Waals surface area (Å²) in [6, 6.07) is -0.0233. The Morgan fingerprint density at radius 3 is 2.73 bits per heavy atom. The van der Waals surface area contributed by atoms with Crippen molar-refractivity contribution in [1.29, 1.82) is 0 Å². The summed E-state index contributed by atoms with van der Waals surface area (Å²) in [5.41, 5.74) is 5.08. The lowest BCUT2D eigenvalue weighted by molar-refractivity contribution is 0.0492. The van der Waals surface area contributed by atoms with E-state index in [4.69, 9.17) is 15.2 Å². The summed E-state index contributed by atoms with van der Waals surface area (Å²) in [4.78, 5) is 11.4. The van der Waals surface area contributed by atoms with Crippen LogP contribution in [0.4, 0.5) is 4.79 Å². The zero-order chi connectivity index (χ0) is 11.5. The lowest BCUT2D eigenvalue weighted by Crippen LogP contribution is -2.44. The average molecular weight is 216 g/mol. The van der Waals surface area contributed by atoms with E-state index in [2.05, 4.69) is 5.32 Å². The van der Waals surface area contributed by atoms with E-state index in [9.17, 15) is 4.79 Å². The third kappa shape index (κ3) is 4.05. The SMILES string of the molecule is CC(C)(C)OC(=O)NC1COCC1CN. The molecular formula is C10H20N2O3. The lowest BCUT2D eigenvalue weighted by atomic mass is 10.0. The second-order valence-electron chi connectivity index (χ2n) is 4.79. The Labute approximate surface area is 90.3 Å². The number of ether oxygens (including phenoxy) is 2. The number of alkyl carbamates (subject to hydrolysis) is 1. The first-order valence-electron chi connectivity index (χ1n) is 5.19. The summed E-state index contributed by atoms with van der Waals surface area (Å²) in [5.74, 6) is 0.192. The highest BCUT2D eigenvalue weighted by molar-refractivity contribution is 5.68. The van der Waals surface area contributed by atoms with E-state index in [-0.39, 0.29) is 12.0 Å². The van der Waals surface area contributed by atoms with Crippen LogP contribution in [0.25, 0.3) is 0 Å². The van der Waals surface area contributed by atoms with E-state index in [1.807, 2.05) is 20.8 Å². The van der Waals surface area contributed by atoms with Crippen molar-refractivity contribution < 1.29 is 14.3 Å². The Morgan fingerprint density at radius 1 is 1.53 bits per heavy atom. The zero-order valence-corrected chi connectivity index (χ0v) is 9.58. The lowest BCUT2D eigenvalue weighted by Gasteiger charge is -2.23. The number of hydrogen-bond acceptors (Lipinski definition) is 4. The molecule has 88 valence electrons. The van der Waals surface area contributed by atoms with Crippen LogP contribution in [0.2, 0.25) is 0 Å². The molecule has 0 spiro atoms. The van der Waals surface area contributed by atoms with E-state index in [1.165, 1.54) is 0 Å². The predicted molar refractivity (Wildman–Crippen MR) is 56.5 cm³/mol. The molecule has 15 heavy (non-hydrogen) atoms. The van der Waals surface area contributed by atoms with Crippen LogP contribution in [0.3, 0.4) is 0 Å². The molecule has 1 aliphatic rings. The van der Waals surface area contributed by atoms with Crippen LogP contribution in [-0.4, -0.2) is 37.5 Å². The fourth-order valence-electron chi connectivity index (χ4n) is 1.45. The highest BCUT2D eigenvalue weighted by atomic mass is 16.6. The Hall–Kier alpha value is -0.810. The fraction of sp³-hybridized carbons (Fsp3) is 0.900. The van der Waals surface area contributed by atoms with Gasteiger partial charge in [-0.2, -0.15) is 0 Å². The molecule has 0 aromatic heterocycles. The van der Waals surface area contributed by atoms with Crippen molar-refractivity contribution in [1.82, 2.24) is 5.32 Å². The van der Waals surface area contributed by atoms with Crippen molar-refractivity contribution in [2.75, 3.05) is 19.8 Å². The van der Waals surface area contributed by atoms with Crippen LogP contribution in [0.1, 0.15) is 20.8 Å². The number of hydrogen-bond donors (Lipinski definition) is 2. The molecule has 1 amide bonds. The molecule has 1 heterocycles. The Morgan fingerprint density at radius 2 is 2.20 bits per heavy atom. The van der Waals surface area contributed by atoms with Crippen LogP contribution in [0.5, 0.6) is 0 Å². The van der Waals surface area contributed by atoms with Gasteiger partial charge >= 0.3 is 6.09 Å². The van der Waals surface area contributed by atoms with E-state index < -0.39 is 11.7 Å². The normalized spacial score (nSPS) is 26.4. The van der Waals surface area contributed by atoms with Gasteiger partial charge in [-0.05, 0) is 27.3 Å². The van der Waals surface area contributed by atoms with E-state index in [1.54, 1.807) is 0 Å². The summed E-state index contributed by atoms with van der Waals surface area (Å²) in [6.07, 6.45) is -0.406. The molecule has 3 N–H and O–H groups in total. The first kappa shape index (κ1) is 12.3. The largest absolute Gasteiger partial charge is 0.444 e. The average Bonchev–Trinajstić information content (AvgIpc) is 2.48. The molecule has 1 fully saturated rings. The van der Waals surface area contributed by atoms with Crippen LogP contribution in [0.15, 0.2) is 0 Å². The molecule has 1 rings (SSSR count). The van der Waals surface area contributed by atoms with Gasteiger partial charge < -0.3 is 20.5 Å². The zero-order valence-electron chi connectivity index (χ0n) is 9.58. The van der Waals surface area contributed by atoms with Crippen LogP contribution >= 0.6 is 0 Å². The van der Waals surface area contributed by atoms with Gasteiger partial charge in [0, 0.05) is 5.92 Å². The van der Waals surface area contributed by atoms with Crippen molar-refractivity contribution in [2.24, 2.45) is 11.7 Å². The number of carbonyl (C=O) groups excluding carboxylic acids is 1. The molecule has 5 nitrogen and oxygen atoms in total. The fourth-order valence-corrected chi connectivity index (χ4v) is 1.45. The molecule has 0 aromatic carbocycles. The molecule has 0 bridgehead atoms. The molecule has 1 aliphatic heterocycles. The Balaban J connectivity index is 2.37. The van der Waals surface area contributed by atoms with Crippen molar-refractivity contribution in [3.05, 3.63) is 0 Å². The maximum Gasteiger partial charge on any atom is 0.407 e. The third-order valence-electron chi connectivity index (χ3n) is 2.20. The number of nitrogens with two attached hydrogens (primary N) is 1. The Bertz CT molecular complexity index is 225. The minimum absolute atomic E-state index is 0.0233. The van der Waals surface area contributed by atoms with Gasteiger partial charge in [0.2, 0.25) is 0 Å². The molecule has 2 atom stereocenters. The molecule has 2 unspecified atom stereocenters. The van der Waals surface area contributed by atoms with Crippen molar-refractivity contribution in [3.8, 4) is 0 Å². The number of nitrogens with one attached hydrogen (secondary N) is 1. The second kappa shape index (κ2) is 4.81.